The van der Waals surface area contributed by atoms with Gasteiger partial charge in [0.1, 0.15) is 5.01 Å². The van der Waals surface area contributed by atoms with Crippen LogP contribution < -0.4 is 0 Å². The van der Waals surface area contributed by atoms with E-state index in [2.05, 4.69) is 31.0 Å². The Morgan fingerprint density at radius 3 is 2.69 bits per heavy atom. The molecule has 0 radical (unpaired) electrons. The molecular formula is C21H28N2O2S. The van der Waals surface area contributed by atoms with Crippen molar-refractivity contribution >= 4 is 17.2 Å². The summed E-state index contributed by atoms with van der Waals surface area (Å²) in [7, 11) is 0. The van der Waals surface area contributed by atoms with E-state index in [9.17, 15) is 4.79 Å². The molecule has 26 heavy (non-hydrogen) atoms. The molecule has 1 amide bonds. The minimum Gasteiger partial charge on any atom is -0.378 e. The van der Waals surface area contributed by atoms with Crippen LogP contribution in [0.1, 0.15) is 38.8 Å². The number of carbonyl (C=O) groups excluding carboxylic acids is 1. The van der Waals surface area contributed by atoms with Gasteiger partial charge in [-0.05, 0) is 25.2 Å². The van der Waals surface area contributed by atoms with Gasteiger partial charge in [-0.25, -0.2) is 4.98 Å². The molecular weight excluding hydrogens is 344 g/mol. The van der Waals surface area contributed by atoms with Crippen LogP contribution in [0.25, 0.3) is 10.6 Å². The van der Waals surface area contributed by atoms with Crippen molar-refractivity contribution in [2.45, 2.75) is 45.6 Å². The Balaban J connectivity index is 1.45. The topological polar surface area (TPSA) is 42.4 Å². The fourth-order valence-corrected chi connectivity index (χ4v) is 3.94. The van der Waals surface area contributed by atoms with Crippen LogP contribution in [0.5, 0.6) is 0 Å². The Bertz CT molecular complexity index is 691. The lowest BCUT2D eigenvalue weighted by atomic mass is 10.1. The van der Waals surface area contributed by atoms with Crippen LogP contribution in [0, 0.1) is 5.92 Å². The molecule has 2 aromatic rings. The number of hydrogen-bond donors (Lipinski definition) is 0. The van der Waals surface area contributed by atoms with E-state index in [4.69, 9.17) is 4.74 Å². The lowest BCUT2D eigenvalue weighted by Gasteiger charge is -2.32. The number of piperidine rings is 1. The van der Waals surface area contributed by atoms with E-state index in [1.807, 2.05) is 28.5 Å². The highest BCUT2D eigenvalue weighted by Gasteiger charge is 2.23. The summed E-state index contributed by atoms with van der Waals surface area (Å²) in [5.41, 5.74) is 1.98. The minimum atomic E-state index is 0.176. The fraction of sp³-hybridized carbons (Fsp3) is 0.524. The zero-order valence-electron chi connectivity index (χ0n) is 15.7. The van der Waals surface area contributed by atoms with Gasteiger partial charge in [-0.15, -0.1) is 11.3 Å². The predicted molar refractivity (Wildman–Crippen MR) is 106 cm³/mol. The number of ether oxygens (including phenoxy) is 1. The number of likely N-dealkylation sites (tertiary alicyclic amines) is 1. The summed E-state index contributed by atoms with van der Waals surface area (Å²) in [6, 6.07) is 10.1. The van der Waals surface area contributed by atoms with Crippen LogP contribution in [0.15, 0.2) is 35.7 Å². The van der Waals surface area contributed by atoms with Crippen LogP contribution in [-0.2, 0) is 16.0 Å². The molecule has 2 heterocycles. The third-order valence-electron chi connectivity index (χ3n) is 4.75. The molecule has 4 nitrogen and oxygen atoms in total. The van der Waals surface area contributed by atoms with Crippen LogP contribution in [-0.4, -0.2) is 41.6 Å². The molecule has 0 bridgehead atoms. The van der Waals surface area contributed by atoms with Crippen molar-refractivity contribution in [1.29, 1.82) is 0 Å². The number of nitrogens with zero attached hydrogens (tertiary/aromatic N) is 2. The van der Waals surface area contributed by atoms with Gasteiger partial charge in [0.25, 0.3) is 0 Å². The molecule has 1 saturated heterocycles. The van der Waals surface area contributed by atoms with Gasteiger partial charge in [0, 0.05) is 30.6 Å². The Morgan fingerprint density at radius 1 is 1.27 bits per heavy atom. The van der Waals surface area contributed by atoms with Crippen molar-refractivity contribution in [1.82, 2.24) is 9.88 Å². The van der Waals surface area contributed by atoms with Crippen molar-refractivity contribution in [3.63, 3.8) is 0 Å². The average molecular weight is 373 g/mol. The highest BCUT2D eigenvalue weighted by molar-refractivity contribution is 7.13. The lowest BCUT2D eigenvalue weighted by Crippen LogP contribution is -2.41. The molecule has 0 N–H and O–H groups in total. The Labute approximate surface area is 160 Å². The highest BCUT2D eigenvalue weighted by Crippen LogP contribution is 2.24. The largest absolute Gasteiger partial charge is 0.378 e. The molecule has 0 spiro atoms. The number of amides is 1. The van der Waals surface area contributed by atoms with Crippen LogP contribution >= 0.6 is 11.3 Å². The number of aromatic nitrogens is 1. The third kappa shape index (κ3) is 5.39. The summed E-state index contributed by atoms with van der Waals surface area (Å²) in [6.45, 7) is 6.84. The van der Waals surface area contributed by atoms with Crippen molar-refractivity contribution in [2.75, 3.05) is 19.7 Å². The van der Waals surface area contributed by atoms with Crippen molar-refractivity contribution in [2.24, 2.45) is 5.92 Å². The SMILES string of the molecule is CC(C)CCOC1CCN(C(=O)Cc2csc(-c3ccccc3)n2)CC1. The van der Waals surface area contributed by atoms with Crippen LogP contribution in [0.2, 0.25) is 0 Å². The summed E-state index contributed by atoms with van der Waals surface area (Å²) in [6.07, 6.45) is 3.68. The summed E-state index contributed by atoms with van der Waals surface area (Å²) in [5, 5.41) is 2.98. The number of benzene rings is 1. The molecule has 1 aliphatic heterocycles. The van der Waals surface area contributed by atoms with E-state index in [0.29, 0.717) is 18.4 Å². The van der Waals surface area contributed by atoms with Crippen molar-refractivity contribution in [3.05, 3.63) is 41.4 Å². The zero-order valence-corrected chi connectivity index (χ0v) is 16.5. The van der Waals surface area contributed by atoms with E-state index in [-0.39, 0.29) is 5.91 Å². The molecule has 1 aromatic carbocycles. The third-order valence-corrected chi connectivity index (χ3v) is 5.69. The monoisotopic (exact) mass is 372 g/mol. The first-order chi connectivity index (χ1) is 12.6. The molecule has 0 unspecified atom stereocenters. The van der Waals surface area contributed by atoms with E-state index in [1.165, 1.54) is 0 Å². The molecule has 0 aliphatic carbocycles. The summed E-state index contributed by atoms with van der Waals surface area (Å²) < 4.78 is 5.94. The molecule has 3 rings (SSSR count). The normalized spacial score (nSPS) is 15.6. The van der Waals surface area contributed by atoms with Crippen molar-refractivity contribution < 1.29 is 9.53 Å². The second-order valence-corrected chi connectivity index (χ2v) is 8.18. The standard InChI is InChI=1S/C21H28N2O2S/c1-16(2)10-13-25-19-8-11-23(12-9-19)20(24)14-18-15-26-21(22-18)17-6-4-3-5-7-17/h3-7,15-16,19H,8-14H2,1-2H3. The van der Waals surface area contributed by atoms with Gasteiger partial charge in [0.15, 0.2) is 0 Å². The molecule has 0 saturated carbocycles. The van der Waals surface area contributed by atoms with Crippen LogP contribution in [0.3, 0.4) is 0 Å². The maximum Gasteiger partial charge on any atom is 0.228 e. The first-order valence-corrected chi connectivity index (χ1v) is 10.4. The van der Waals surface area contributed by atoms with Gasteiger partial charge in [-0.1, -0.05) is 44.2 Å². The van der Waals surface area contributed by atoms with Gasteiger partial charge < -0.3 is 9.64 Å². The molecule has 1 fully saturated rings. The summed E-state index contributed by atoms with van der Waals surface area (Å²) in [4.78, 5) is 19.2. The Morgan fingerprint density at radius 2 is 2.00 bits per heavy atom. The summed E-state index contributed by atoms with van der Waals surface area (Å²) >= 11 is 1.60. The van der Waals surface area contributed by atoms with Gasteiger partial charge in [0.05, 0.1) is 18.2 Å². The Kier molecular flexibility index (Phi) is 6.80. The molecule has 1 aliphatic rings. The second kappa shape index (κ2) is 9.28. The fourth-order valence-electron chi connectivity index (χ4n) is 3.11. The molecule has 140 valence electrons. The van der Waals surface area contributed by atoms with Gasteiger partial charge in [0.2, 0.25) is 5.91 Å². The maximum atomic E-state index is 12.6. The number of rotatable bonds is 7. The summed E-state index contributed by atoms with van der Waals surface area (Å²) in [5.74, 6) is 0.853. The average Bonchev–Trinajstić information content (AvgIpc) is 3.11. The van der Waals surface area contributed by atoms with Gasteiger partial charge in [-0.3, -0.25) is 4.79 Å². The number of hydrogen-bond acceptors (Lipinski definition) is 4. The van der Waals surface area contributed by atoms with E-state index in [0.717, 1.165) is 55.2 Å². The van der Waals surface area contributed by atoms with Gasteiger partial charge in [-0.2, -0.15) is 0 Å². The van der Waals surface area contributed by atoms with E-state index in [1.54, 1.807) is 11.3 Å². The van der Waals surface area contributed by atoms with E-state index < -0.39 is 0 Å². The quantitative estimate of drug-likeness (QED) is 0.723. The first kappa shape index (κ1) is 19.1. The smallest absolute Gasteiger partial charge is 0.228 e. The van der Waals surface area contributed by atoms with E-state index >= 15 is 0 Å². The second-order valence-electron chi connectivity index (χ2n) is 7.32. The number of carbonyl (C=O) groups is 1. The molecule has 5 heteroatoms. The highest BCUT2D eigenvalue weighted by atomic mass is 32.1. The molecule has 0 atom stereocenters. The lowest BCUT2D eigenvalue weighted by molar-refractivity contribution is -0.133. The predicted octanol–water partition coefficient (Wildman–Crippen LogP) is 4.41. The minimum absolute atomic E-state index is 0.176. The molecule has 1 aromatic heterocycles. The van der Waals surface area contributed by atoms with Crippen molar-refractivity contribution in [3.8, 4) is 10.6 Å². The number of thiazole rings is 1. The Hall–Kier alpha value is -1.72. The van der Waals surface area contributed by atoms with Crippen LogP contribution in [0.4, 0.5) is 0 Å². The maximum absolute atomic E-state index is 12.6. The zero-order chi connectivity index (χ0) is 18.4. The van der Waals surface area contributed by atoms with Gasteiger partial charge >= 0.3 is 0 Å². The first-order valence-electron chi connectivity index (χ1n) is 9.51.